The summed E-state index contributed by atoms with van der Waals surface area (Å²) in [5.74, 6) is 0.701. The number of halogens is 1. The van der Waals surface area contributed by atoms with E-state index in [0.717, 1.165) is 25.0 Å². The molecule has 0 fully saturated rings. The molecule has 0 atom stereocenters. The number of aromatic amines is 1. The number of nitrogens with one attached hydrogen (secondary N) is 3. The predicted molar refractivity (Wildman–Crippen MR) is 130 cm³/mol. The molecule has 0 bridgehead atoms. The summed E-state index contributed by atoms with van der Waals surface area (Å²) in [6.45, 7) is 11.0. The van der Waals surface area contributed by atoms with E-state index in [9.17, 15) is 8.42 Å². The second-order valence-electron chi connectivity index (χ2n) is 7.68. The Morgan fingerprint density at radius 1 is 1.21 bits per heavy atom. The van der Waals surface area contributed by atoms with Crippen LogP contribution in [-0.4, -0.2) is 49.5 Å². The summed E-state index contributed by atoms with van der Waals surface area (Å²) in [6, 6.07) is 6.26. The Morgan fingerprint density at radius 2 is 1.93 bits per heavy atom. The fourth-order valence-electron chi connectivity index (χ4n) is 2.89. The Kier molecular flexibility index (Phi) is 9.26. The van der Waals surface area contributed by atoms with Gasteiger partial charge in [-0.3, -0.25) is 4.99 Å². The Balaban J connectivity index is 0.00000392. The fourth-order valence-corrected chi connectivity index (χ4v) is 3.83. The largest absolute Gasteiger partial charge is 0.361 e. The van der Waals surface area contributed by atoms with Gasteiger partial charge in [-0.2, -0.15) is 0 Å². The first kappa shape index (κ1) is 24.7. The average molecular weight is 520 g/mol. The molecule has 0 saturated carbocycles. The minimum absolute atomic E-state index is 0. The van der Waals surface area contributed by atoms with Gasteiger partial charge in [0, 0.05) is 30.2 Å². The first-order valence-electron chi connectivity index (χ1n) is 9.46. The first-order chi connectivity index (χ1) is 12.7. The maximum absolute atomic E-state index is 12.2. The zero-order valence-corrected chi connectivity index (χ0v) is 20.6. The SMILES string of the molecule is CCNC(=NCCS(=O)(=O)C(C)(C)C)NCCc1c[nH]c2cccc(C)c12.I. The van der Waals surface area contributed by atoms with Gasteiger partial charge in [0.1, 0.15) is 0 Å². The maximum atomic E-state index is 12.2. The van der Waals surface area contributed by atoms with Crippen LogP contribution in [0.3, 0.4) is 0 Å². The van der Waals surface area contributed by atoms with Crippen molar-refractivity contribution < 1.29 is 8.42 Å². The van der Waals surface area contributed by atoms with Crippen LogP contribution in [0.5, 0.6) is 0 Å². The Morgan fingerprint density at radius 3 is 2.57 bits per heavy atom. The quantitative estimate of drug-likeness (QED) is 0.297. The second kappa shape index (κ2) is 10.5. The van der Waals surface area contributed by atoms with Crippen LogP contribution in [0.4, 0.5) is 0 Å². The highest BCUT2D eigenvalue weighted by molar-refractivity contribution is 14.0. The molecule has 0 saturated heterocycles. The molecule has 1 aromatic carbocycles. The van der Waals surface area contributed by atoms with Gasteiger partial charge in [-0.05, 0) is 58.2 Å². The number of rotatable bonds is 7. The number of aryl methyl sites for hydroxylation is 1. The summed E-state index contributed by atoms with van der Waals surface area (Å²) in [5, 5.41) is 7.75. The van der Waals surface area contributed by atoms with Crippen molar-refractivity contribution in [2.45, 2.75) is 45.8 Å². The lowest BCUT2D eigenvalue weighted by Crippen LogP contribution is -2.39. The highest BCUT2D eigenvalue weighted by atomic mass is 127. The van der Waals surface area contributed by atoms with Crippen LogP contribution in [-0.2, 0) is 16.3 Å². The lowest BCUT2D eigenvalue weighted by atomic mass is 10.1. The molecule has 2 aromatic rings. The lowest BCUT2D eigenvalue weighted by Gasteiger charge is -2.18. The van der Waals surface area contributed by atoms with Gasteiger partial charge >= 0.3 is 0 Å². The molecule has 28 heavy (non-hydrogen) atoms. The molecule has 0 aliphatic carbocycles. The van der Waals surface area contributed by atoms with E-state index in [2.05, 4.69) is 51.9 Å². The molecule has 8 heteroatoms. The van der Waals surface area contributed by atoms with E-state index in [0.29, 0.717) is 5.96 Å². The Hall–Kier alpha value is -1.29. The Bertz CT molecular complexity index is 899. The number of aromatic nitrogens is 1. The van der Waals surface area contributed by atoms with E-state index in [1.165, 1.54) is 16.5 Å². The average Bonchev–Trinajstić information content (AvgIpc) is 2.98. The van der Waals surface area contributed by atoms with E-state index in [1.54, 1.807) is 20.8 Å². The highest BCUT2D eigenvalue weighted by Gasteiger charge is 2.28. The minimum atomic E-state index is -3.16. The molecule has 0 aliphatic rings. The predicted octanol–water partition coefficient (Wildman–Crippen LogP) is 3.41. The van der Waals surface area contributed by atoms with Crippen molar-refractivity contribution in [1.82, 2.24) is 15.6 Å². The van der Waals surface area contributed by atoms with Gasteiger partial charge in [0.15, 0.2) is 15.8 Å². The van der Waals surface area contributed by atoms with E-state index >= 15 is 0 Å². The van der Waals surface area contributed by atoms with Crippen LogP contribution in [0, 0.1) is 6.92 Å². The van der Waals surface area contributed by atoms with Crippen LogP contribution in [0.1, 0.15) is 38.8 Å². The van der Waals surface area contributed by atoms with Crippen molar-refractivity contribution in [3.63, 3.8) is 0 Å². The summed E-state index contributed by atoms with van der Waals surface area (Å²) < 4.78 is 23.7. The topological polar surface area (TPSA) is 86.3 Å². The van der Waals surface area contributed by atoms with Crippen LogP contribution >= 0.6 is 24.0 Å². The smallest absolute Gasteiger partial charge is 0.191 e. The van der Waals surface area contributed by atoms with Crippen LogP contribution in [0.25, 0.3) is 10.9 Å². The van der Waals surface area contributed by atoms with Gasteiger partial charge in [-0.15, -0.1) is 24.0 Å². The number of benzene rings is 1. The van der Waals surface area contributed by atoms with E-state index in [-0.39, 0.29) is 36.3 Å². The number of hydrogen-bond donors (Lipinski definition) is 3. The lowest BCUT2D eigenvalue weighted by molar-refractivity contribution is 0.560. The third kappa shape index (κ3) is 6.37. The van der Waals surface area contributed by atoms with Gasteiger partial charge in [0.2, 0.25) is 0 Å². The molecular weight excluding hydrogens is 487 g/mol. The van der Waals surface area contributed by atoms with Crippen molar-refractivity contribution in [3.05, 3.63) is 35.5 Å². The van der Waals surface area contributed by atoms with Crippen molar-refractivity contribution in [3.8, 4) is 0 Å². The summed E-state index contributed by atoms with van der Waals surface area (Å²) in [6.07, 6.45) is 2.91. The van der Waals surface area contributed by atoms with Crippen molar-refractivity contribution in [2.24, 2.45) is 4.99 Å². The maximum Gasteiger partial charge on any atom is 0.191 e. The summed E-state index contributed by atoms with van der Waals surface area (Å²) in [4.78, 5) is 7.74. The number of guanidine groups is 1. The van der Waals surface area contributed by atoms with Crippen LogP contribution < -0.4 is 10.6 Å². The molecular formula is C20H33IN4O2S. The van der Waals surface area contributed by atoms with Crippen molar-refractivity contribution in [1.29, 1.82) is 0 Å². The zero-order chi connectivity index (χ0) is 20.1. The number of sulfone groups is 1. The van der Waals surface area contributed by atoms with E-state index in [4.69, 9.17) is 0 Å². The molecule has 0 spiro atoms. The monoisotopic (exact) mass is 520 g/mol. The van der Waals surface area contributed by atoms with Gasteiger partial charge in [-0.25, -0.2) is 8.42 Å². The molecule has 158 valence electrons. The van der Waals surface area contributed by atoms with Gasteiger partial charge in [0.05, 0.1) is 17.0 Å². The third-order valence-electron chi connectivity index (χ3n) is 4.59. The molecule has 0 aliphatic heterocycles. The number of H-pyrrole nitrogens is 1. The molecule has 1 heterocycles. The van der Waals surface area contributed by atoms with Crippen molar-refractivity contribution in [2.75, 3.05) is 25.4 Å². The highest BCUT2D eigenvalue weighted by Crippen LogP contribution is 2.22. The molecule has 0 radical (unpaired) electrons. The second-order valence-corrected chi connectivity index (χ2v) is 10.5. The Labute approximate surface area is 185 Å². The molecule has 0 amide bonds. The molecule has 0 unspecified atom stereocenters. The summed E-state index contributed by atoms with van der Waals surface area (Å²) >= 11 is 0. The number of fused-ring (bicyclic) bond motifs is 1. The van der Waals surface area contributed by atoms with Crippen molar-refractivity contribution >= 4 is 50.7 Å². The zero-order valence-electron chi connectivity index (χ0n) is 17.4. The number of nitrogens with zero attached hydrogens (tertiary/aromatic N) is 1. The van der Waals surface area contributed by atoms with Crippen LogP contribution in [0.15, 0.2) is 29.4 Å². The normalized spacial score (nSPS) is 12.7. The third-order valence-corrected chi connectivity index (χ3v) is 7.18. The number of aliphatic imine (C=N–C) groups is 1. The summed E-state index contributed by atoms with van der Waals surface area (Å²) in [7, 11) is -3.16. The molecule has 6 nitrogen and oxygen atoms in total. The standard InChI is InChI=1S/C20H32N4O2S.HI/c1-6-21-19(23-12-13-27(25,26)20(3,4)5)22-11-10-16-14-24-17-9-7-8-15(2)18(16)17;/h7-9,14,24H,6,10-13H2,1-5H3,(H2,21,22,23);1H. The molecule has 1 aromatic heterocycles. The van der Waals surface area contributed by atoms with Gasteiger partial charge in [-0.1, -0.05) is 12.1 Å². The fraction of sp³-hybridized carbons (Fsp3) is 0.550. The molecule has 2 rings (SSSR count). The van der Waals surface area contributed by atoms with E-state index < -0.39 is 14.6 Å². The summed E-state index contributed by atoms with van der Waals surface area (Å²) in [5.41, 5.74) is 3.68. The van der Waals surface area contributed by atoms with E-state index in [1.807, 2.05) is 6.92 Å². The molecule has 3 N–H and O–H groups in total. The van der Waals surface area contributed by atoms with Crippen LogP contribution in [0.2, 0.25) is 0 Å². The van der Waals surface area contributed by atoms with Gasteiger partial charge in [0.25, 0.3) is 0 Å². The number of hydrogen-bond acceptors (Lipinski definition) is 3. The first-order valence-corrected chi connectivity index (χ1v) is 11.1. The van der Waals surface area contributed by atoms with Gasteiger partial charge < -0.3 is 15.6 Å². The minimum Gasteiger partial charge on any atom is -0.361 e.